The van der Waals surface area contributed by atoms with Crippen LogP contribution in [-0.2, 0) is 6.54 Å². The van der Waals surface area contributed by atoms with Crippen LogP contribution in [0.5, 0.6) is 5.75 Å². The average Bonchev–Trinajstić information content (AvgIpc) is 3.25. The Morgan fingerprint density at radius 2 is 2.17 bits per heavy atom. The first kappa shape index (κ1) is 15.3. The first-order chi connectivity index (χ1) is 11.7. The highest BCUT2D eigenvalue weighted by atomic mass is 16.6. The predicted octanol–water partition coefficient (Wildman–Crippen LogP) is 1.32. The Balaban J connectivity index is 1.84. The molecule has 0 unspecified atom stereocenters. The summed E-state index contributed by atoms with van der Waals surface area (Å²) in [5.41, 5.74) is 1.60. The van der Waals surface area contributed by atoms with E-state index in [0.29, 0.717) is 12.3 Å². The van der Waals surface area contributed by atoms with Gasteiger partial charge in [0.1, 0.15) is 30.8 Å². The molecule has 0 spiro atoms. The third-order valence-corrected chi connectivity index (χ3v) is 3.21. The predicted molar refractivity (Wildman–Crippen MR) is 84.0 cm³/mol. The van der Waals surface area contributed by atoms with Gasteiger partial charge in [-0.15, -0.1) is 10.2 Å². The maximum absolute atomic E-state index is 10.7. The summed E-state index contributed by atoms with van der Waals surface area (Å²) in [7, 11) is 1.56. The van der Waals surface area contributed by atoms with Crippen LogP contribution in [0, 0.1) is 10.1 Å². The van der Waals surface area contributed by atoms with Gasteiger partial charge < -0.3 is 4.74 Å². The van der Waals surface area contributed by atoms with Crippen molar-refractivity contribution >= 4 is 11.9 Å². The van der Waals surface area contributed by atoms with Crippen molar-refractivity contribution in [1.82, 2.24) is 24.7 Å². The molecule has 0 aliphatic carbocycles. The fraction of sp³-hybridized carbons (Fsp3) is 0.143. The number of hydrogen-bond donors (Lipinski definition) is 0. The fourth-order valence-corrected chi connectivity index (χ4v) is 2.10. The van der Waals surface area contributed by atoms with Gasteiger partial charge >= 0.3 is 5.69 Å². The van der Waals surface area contributed by atoms with Crippen LogP contribution < -0.4 is 4.74 Å². The van der Waals surface area contributed by atoms with E-state index in [-0.39, 0.29) is 5.69 Å². The third-order valence-electron chi connectivity index (χ3n) is 3.21. The van der Waals surface area contributed by atoms with Crippen LogP contribution in [-0.4, -0.2) is 42.9 Å². The molecule has 0 saturated heterocycles. The SMILES string of the molecule is COc1ccc(/C=N\n2cnnc2)cc1Cn1cc([N+](=O)[O-])cn1. The average molecular weight is 327 g/mol. The lowest BCUT2D eigenvalue weighted by molar-refractivity contribution is -0.385. The molecule has 0 saturated carbocycles. The molecule has 24 heavy (non-hydrogen) atoms. The van der Waals surface area contributed by atoms with Gasteiger partial charge in [-0.1, -0.05) is 0 Å². The summed E-state index contributed by atoms with van der Waals surface area (Å²) in [6.07, 6.45) is 7.19. The van der Waals surface area contributed by atoms with Crippen molar-refractivity contribution in [3.05, 3.63) is 64.5 Å². The highest BCUT2D eigenvalue weighted by Gasteiger charge is 2.11. The molecule has 1 aromatic carbocycles. The molecule has 0 bridgehead atoms. The van der Waals surface area contributed by atoms with Gasteiger partial charge in [0, 0.05) is 5.56 Å². The number of aromatic nitrogens is 5. The number of methoxy groups -OCH3 is 1. The molecule has 0 fully saturated rings. The number of hydrogen-bond acceptors (Lipinski definition) is 7. The van der Waals surface area contributed by atoms with Gasteiger partial charge in [0.15, 0.2) is 0 Å². The minimum Gasteiger partial charge on any atom is -0.496 e. The second kappa shape index (κ2) is 6.69. The lowest BCUT2D eigenvalue weighted by Gasteiger charge is -2.09. The molecule has 0 amide bonds. The van der Waals surface area contributed by atoms with Crippen molar-refractivity contribution in [2.75, 3.05) is 7.11 Å². The Labute approximate surface area is 136 Å². The zero-order valence-electron chi connectivity index (χ0n) is 12.7. The molecule has 2 aromatic heterocycles. The molecule has 3 rings (SSSR count). The van der Waals surface area contributed by atoms with Crippen molar-refractivity contribution in [3.63, 3.8) is 0 Å². The first-order valence-electron chi connectivity index (χ1n) is 6.88. The van der Waals surface area contributed by atoms with Crippen LogP contribution in [0.1, 0.15) is 11.1 Å². The number of benzene rings is 1. The van der Waals surface area contributed by atoms with Crippen molar-refractivity contribution in [2.24, 2.45) is 5.10 Å². The zero-order valence-corrected chi connectivity index (χ0v) is 12.7. The number of ether oxygens (including phenoxy) is 1. The maximum Gasteiger partial charge on any atom is 0.307 e. The fourth-order valence-electron chi connectivity index (χ4n) is 2.10. The van der Waals surface area contributed by atoms with Crippen molar-refractivity contribution in [2.45, 2.75) is 6.54 Å². The lowest BCUT2D eigenvalue weighted by Crippen LogP contribution is -2.03. The van der Waals surface area contributed by atoms with Crippen molar-refractivity contribution in [1.29, 1.82) is 0 Å². The second-order valence-corrected chi connectivity index (χ2v) is 4.81. The highest BCUT2D eigenvalue weighted by Crippen LogP contribution is 2.21. The van der Waals surface area contributed by atoms with Crippen molar-refractivity contribution < 1.29 is 9.66 Å². The summed E-state index contributed by atoms with van der Waals surface area (Å²) >= 11 is 0. The molecule has 0 N–H and O–H groups in total. The summed E-state index contributed by atoms with van der Waals surface area (Å²) < 4.78 is 8.29. The van der Waals surface area contributed by atoms with Crippen LogP contribution in [0.15, 0.2) is 48.3 Å². The molecular formula is C14H13N7O3. The van der Waals surface area contributed by atoms with E-state index in [9.17, 15) is 10.1 Å². The van der Waals surface area contributed by atoms with E-state index >= 15 is 0 Å². The van der Waals surface area contributed by atoms with Gasteiger partial charge in [-0.25, -0.2) is 4.68 Å². The first-order valence-corrected chi connectivity index (χ1v) is 6.88. The number of nitro groups is 1. The largest absolute Gasteiger partial charge is 0.496 e. The standard InChI is InChI=1S/C14H13N7O3/c1-24-14-3-2-11(5-17-20-9-15-16-10-20)4-12(14)7-19-8-13(6-18-19)21(22)23/h2-6,8-10H,7H2,1H3/b17-5-. The Bertz CT molecular complexity index is 870. The molecule has 3 aromatic rings. The molecule has 0 atom stereocenters. The molecule has 2 heterocycles. The lowest BCUT2D eigenvalue weighted by atomic mass is 10.1. The Hall–Kier alpha value is -3.56. The Morgan fingerprint density at radius 3 is 2.83 bits per heavy atom. The summed E-state index contributed by atoms with van der Waals surface area (Å²) in [5.74, 6) is 0.662. The van der Waals surface area contributed by atoms with Gasteiger partial charge in [-0.05, 0) is 23.8 Å². The Morgan fingerprint density at radius 1 is 1.38 bits per heavy atom. The van der Waals surface area contributed by atoms with E-state index < -0.39 is 4.92 Å². The minimum atomic E-state index is -0.483. The van der Waals surface area contributed by atoms with E-state index in [4.69, 9.17) is 4.74 Å². The summed E-state index contributed by atoms with van der Waals surface area (Å²) in [6, 6.07) is 5.53. The zero-order chi connectivity index (χ0) is 16.9. The van der Waals surface area contributed by atoms with E-state index in [1.54, 1.807) is 19.4 Å². The molecule has 0 aliphatic heterocycles. The van der Waals surface area contributed by atoms with E-state index in [1.165, 1.54) is 34.4 Å². The molecule has 122 valence electrons. The molecule has 0 radical (unpaired) electrons. The second-order valence-electron chi connectivity index (χ2n) is 4.81. The van der Waals surface area contributed by atoms with Crippen LogP contribution in [0.2, 0.25) is 0 Å². The molecule has 0 aliphatic rings. The van der Waals surface area contributed by atoms with E-state index in [0.717, 1.165) is 11.1 Å². The topological polar surface area (TPSA) is 113 Å². The smallest absolute Gasteiger partial charge is 0.307 e. The molecular weight excluding hydrogens is 314 g/mol. The number of nitrogens with zero attached hydrogens (tertiary/aromatic N) is 7. The van der Waals surface area contributed by atoms with Crippen LogP contribution >= 0.6 is 0 Å². The third kappa shape index (κ3) is 3.43. The van der Waals surface area contributed by atoms with Crippen LogP contribution in [0.4, 0.5) is 5.69 Å². The number of rotatable bonds is 6. The van der Waals surface area contributed by atoms with E-state index in [2.05, 4.69) is 20.4 Å². The normalized spacial score (nSPS) is 11.0. The van der Waals surface area contributed by atoms with Gasteiger partial charge in [-0.2, -0.15) is 10.2 Å². The van der Waals surface area contributed by atoms with Gasteiger partial charge in [0.25, 0.3) is 0 Å². The summed E-state index contributed by atoms with van der Waals surface area (Å²) in [5, 5.41) is 26.2. The van der Waals surface area contributed by atoms with Crippen molar-refractivity contribution in [3.8, 4) is 5.75 Å². The molecule has 10 nitrogen and oxygen atoms in total. The highest BCUT2D eigenvalue weighted by molar-refractivity contribution is 5.80. The van der Waals surface area contributed by atoms with E-state index in [1.807, 2.05) is 12.1 Å². The van der Waals surface area contributed by atoms with Gasteiger partial charge in [0.05, 0.1) is 24.8 Å². The molecule has 10 heteroatoms. The van der Waals surface area contributed by atoms with Crippen LogP contribution in [0.3, 0.4) is 0 Å². The monoisotopic (exact) mass is 327 g/mol. The maximum atomic E-state index is 10.7. The summed E-state index contributed by atoms with van der Waals surface area (Å²) in [6.45, 7) is 0.339. The Kier molecular flexibility index (Phi) is 4.27. The minimum absolute atomic E-state index is 0.0562. The van der Waals surface area contributed by atoms with Gasteiger partial charge in [0.2, 0.25) is 0 Å². The quantitative estimate of drug-likeness (QED) is 0.383. The van der Waals surface area contributed by atoms with Gasteiger partial charge in [-0.3, -0.25) is 14.8 Å². The van der Waals surface area contributed by atoms with Crippen LogP contribution in [0.25, 0.3) is 0 Å². The summed E-state index contributed by atoms with van der Waals surface area (Å²) in [4.78, 5) is 10.3.